The van der Waals surface area contributed by atoms with Gasteiger partial charge in [0.1, 0.15) is 29.9 Å². The Hall–Kier alpha value is -8.00. The molecule has 6 heterocycles. The predicted octanol–water partition coefficient (Wildman–Crippen LogP) is 10.3. The Morgan fingerprint density at radius 2 is 1.78 bits per heavy atom. The third-order valence-corrected chi connectivity index (χ3v) is 15.3. The fourth-order valence-electron chi connectivity index (χ4n) is 11.0. The highest BCUT2D eigenvalue weighted by molar-refractivity contribution is 6.36. The molecule has 7 aromatic rings. The van der Waals surface area contributed by atoms with E-state index in [2.05, 4.69) is 55.2 Å². The lowest BCUT2D eigenvalue weighted by Crippen LogP contribution is -2.64. The van der Waals surface area contributed by atoms with Crippen molar-refractivity contribution in [3.05, 3.63) is 136 Å². The Bertz CT molecular complexity index is 3570. The van der Waals surface area contributed by atoms with Gasteiger partial charge < -0.3 is 30.5 Å². The zero-order valence-electron chi connectivity index (χ0n) is 42.3. The van der Waals surface area contributed by atoms with Crippen LogP contribution in [0.1, 0.15) is 83.9 Å². The molecule has 1 saturated carbocycles. The van der Waals surface area contributed by atoms with Crippen LogP contribution in [-0.4, -0.2) is 89.0 Å². The van der Waals surface area contributed by atoms with E-state index in [0.717, 1.165) is 74.4 Å². The second-order valence-corrected chi connectivity index (χ2v) is 20.2. The number of amides is 5. The van der Waals surface area contributed by atoms with E-state index in [1.165, 1.54) is 23.1 Å². The Labute approximate surface area is 439 Å². The Morgan fingerprint density at radius 1 is 1.01 bits per heavy atom. The lowest BCUT2D eigenvalue weighted by atomic mass is 9.60. The first-order valence-electron chi connectivity index (χ1n) is 24.9. The number of likely N-dealkylation sites (tertiary alicyclic amines) is 1. The molecule has 4 aliphatic rings. The third-order valence-electron chi connectivity index (χ3n) is 14.8. The highest BCUT2D eigenvalue weighted by Gasteiger charge is 2.55. The number of alkyl halides is 3. The first-order chi connectivity index (χ1) is 36.3. The van der Waals surface area contributed by atoms with Crippen molar-refractivity contribution in [2.75, 3.05) is 25.0 Å². The Balaban J connectivity index is 0.00000325. The van der Waals surface area contributed by atoms with Crippen LogP contribution < -0.4 is 20.7 Å². The molecule has 11 rings (SSSR count). The second kappa shape index (κ2) is 19.6. The van der Waals surface area contributed by atoms with Crippen LogP contribution >= 0.6 is 11.6 Å². The van der Waals surface area contributed by atoms with Gasteiger partial charge in [0.25, 0.3) is 11.8 Å². The van der Waals surface area contributed by atoms with Crippen molar-refractivity contribution < 1.29 is 41.5 Å². The van der Waals surface area contributed by atoms with E-state index in [1.807, 2.05) is 63.8 Å². The van der Waals surface area contributed by atoms with Crippen LogP contribution in [0.25, 0.3) is 44.2 Å². The number of ether oxygens (including phenoxy) is 1. The number of allylic oxidation sites excluding steroid dienone is 1. The number of aromatic nitrogens is 6. The summed E-state index contributed by atoms with van der Waals surface area (Å²) in [5.74, 6) is -2.33. The summed E-state index contributed by atoms with van der Waals surface area (Å²) >= 11 is 7.12. The number of rotatable bonds is 11. The third kappa shape index (κ3) is 9.21. The van der Waals surface area contributed by atoms with E-state index in [-0.39, 0.29) is 58.2 Å². The molecule has 4 aromatic carbocycles. The summed E-state index contributed by atoms with van der Waals surface area (Å²) in [5, 5.41) is 27.0. The molecule has 5 amide bonds. The largest absolute Gasteiger partial charge is 0.489 e. The van der Waals surface area contributed by atoms with Crippen molar-refractivity contribution in [1.82, 2.24) is 50.2 Å². The van der Waals surface area contributed by atoms with Crippen molar-refractivity contribution in [3.8, 4) is 28.1 Å². The number of anilines is 1. The molecule has 2 saturated heterocycles. The van der Waals surface area contributed by atoms with Gasteiger partial charge >= 0.3 is 12.2 Å². The summed E-state index contributed by atoms with van der Waals surface area (Å²) in [4.78, 5) is 55.3. The van der Waals surface area contributed by atoms with Gasteiger partial charge in [0.15, 0.2) is 0 Å². The highest BCUT2D eigenvalue weighted by Crippen LogP contribution is 2.56. The molecular formula is C55H54ClF4N11O5. The molecule has 1 atom stereocenters. The number of hydrogen-bond acceptors (Lipinski definition) is 8. The zero-order valence-corrected chi connectivity index (χ0v) is 43.1. The molecule has 4 N–H and O–H groups in total. The number of halogens is 5. The molecule has 1 unspecified atom stereocenters. The fourth-order valence-corrected chi connectivity index (χ4v) is 11.3. The molecule has 3 fully saturated rings. The second-order valence-electron chi connectivity index (χ2n) is 19.8. The Kier molecular flexibility index (Phi) is 13.3. The molecule has 1 spiro atoms. The van der Waals surface area contributed by atoms with E-state index < -0.39 is 54.0 Å². The quantitative estimate of drug-likeness (QED) is 0.0729. The SMILES string of the molecule is C=C1CCC(N2Cc3c(ccc(CNC(=O)Nc4cc(OCC(=C)C(=O)N5CC6(CC(n7nc(-c8ccc9c(cnn9C)c8)c(-c8c(Cl)c(C)cc9[nH]ncc89)c7C)C6)C5)cc(C(F)(F)F)c4)c3F)C2=O)C(=O)N1.CC. The molecule has 3 aromatic heterocycles. The molecule has 0 bridgehead atoms. The number of nitrogens with one attached hydrogen (secondary N) is 4. The minimum atomic E-state index is -4.83. The van der Waals surface area contributed by atoms with Gasteiger partial charge in [-0.15, -0.1) is 0 Å². The number of fused-ring (bicyclic) bond motifs is 3. The number of hydrogen-bond donors (Lipinski definition) is 4. The van der Waals surface area contributed by atoms with Crippen molar-refractivity contribution in [2.45, 2.75) is 84.7 Å². The van der Waals surface area contributed by atoms with E-state index in [1.54, 1.807) is 11.1 Å². The van der Waals surface area contributed by atoms with Gasteiger partial charge in [0.2, 0.25) is 5.91 Å². The van der Waals surface area contributed by atoms with Crippen LogP contribution in [0.3, 0.4) is 0 Å². The maximum Gasteiger partial charge on any atom is 0.416 e. The maximum atomic E-state index is 15.7. The summed E-state index contributed by atoms with van der Waals surface area (Å²) in [5.41, 5.74) is 6.26. The zero-order chi connectivity index (χ0) is 54.1. The molecule has 16 nitrogen and oxygen atoms in total. The predicted molar refractivity (Wildman–Crippen MR) is 279 cm³/mol. The van der Waals surface area contributed by atoms with Gasteiger partial charge in [-0.25, -0.2) is 9.18 Å². The summed E-state index contributed by atoms with van der Waals surface area (Å²) in [6.07, 6.45) is 1.07. The molecule has 3 aliphatic heterocycles. The van der Waals surface area contributed by atoms with Crippen LogP contribution in [0.4, 0.5) is 28.0 Å². The van der Waals surface area contributed by atoms with Crippen molar-refractivity contribution >= 4 is 62.8 Å². The first-order valence-corrected chi connectivity index (χ1v) is 25.2. The average Bonchev–Trinajstić information content (AvgIpc) is 4.20. The summed E-state index contributed by atoms with van der Waals surface area (Å²) < 4.78 is 67.6. The number of piperidine rings is 1. The molecule has 394 valence electrons. The Morgan fingerprint density at radius 3 is 2.51 bits per heavy atom. The standard InChI is InChI=1S/C53H48ClF4N11O5.C2H6/c1-26-12-40-38(21-60-64-40)44(45(26)54)43-29(4)69(65-47(43)30-8-11-41-32(13-30)20-61-66(41)5)35-17-52(18-35)24-67(25-52)49(71)27(2)23-74-36-15-33(53(56,57)58)14-34(16-36)63-51(73)59-19-31-7-9-37-39(46(31)55)22-68(50(37)72)42-10-6-28(3)62-48(42)70;1-2/h7-9,11-16,20-21,35,42H,2-3,6,10,17-19,22-25H2,1,4-5H3,(H,60,64)(H,62,70)(H2,59,63,73);1-2H3. The highest BCUT2D eigenvalue weighted by atomic mass is 35.5. The number of nitrogens with zero attached hydrogens (tertiary/aromatic N) is 7. The van der Waals surface area contributed by atoms with Crippen LogP contribution in [0.2, 0.25) is 5.02 Å². The number of aryl methyl sites for hydroxylation is 2. The van der Waals surface area contributed by atoms with Crippen molar-refractivity contribution in [3.63, 3.8) is 0 Å². The number of aromatic amines is 1. The van der Waals surface area contributed by atoms with Gasteiger partial charge in [-0.3, -0.25) is 28.8 Å². The number of H-pyrrole nitrogens is 1. The van der Waals surface area contributed by atoms with Crippen molar-refractivity contribution in [1.29, 1.82) is 0 Å². The summed E-state index contributed by atoms with van der Waals surface area (Å²) in [7, 11) is 1.89. The number of carbonyl (C=O) groups excluding carboxylic acids is 4. The molecule has 76 heavy (non-hydrogen) atoms. The van der Waals surface area contributed by atoms with Crippen LogP contribution in [0.5, 0.6) is 5.75 Å². The number of carbonyl (C=O) groups is 4. The van der Waals surface area contributed by atoms with Crippen LogP contribution in [-0.2, 0) is 35.9 Å². The minimum Gasteiger partial charge on any atom is -0.489 e. The first kappa shape index (κ1) is 51.5. The lowest BCUT2D eigenvalue weighted by molar-refractivity contribution is -0.150. The molecule has 0 radical (unpaired) electrons. The smallest absolute Gasteiger partial charge is 0.416 e. The van der Waals surface area contributed by atoms with Crippen LogP contribution in [0, 0.1) is 25.1 Å². The van der Waals surface area contributed by atoms with E-state index in [0.29, 0.717) is 42.7 Å². The van der Waals surface area contributed by atoms with Gasteiger partial charge in [-0.05, 0) is 81.5 Å². The normalized spacial score (nSPS) is 17.0. The van der Waals surface area contributed by atoms with Gasteiger partial charge in [0.05, 0.1) is 46.6 Å². The molecule has 21 heteroatoms. The summed E-state index contributed by atoms with van der Waals surface area (Å²) in [6.45, 7) is 15.6. The molecular weight excluding hydrogens is 1010 g/mol. The fraction of sp³-hybridized carbons (Fsp3) is 0.327. The maximum absolute atomic E-state index is 15.7. The average molecular weight is 1060 g/mol. The molecule has 1 aliphatic carbocycles. The van der Waals surface area contributed by atoms with Crippen molar-refractivity contribution in [2.24, 2.45) is 12.5 Å². The van der Waals surface area contributed by atoms with Gasteiger partial charge in [-0.1, -0.05) is 50.7 Å². The van der Waals surface area contributed by atoms with E-state index in [4.69, 9.17) is 21.4 Å². The number of urea groups is 1. The van der Waals surface area contributed by atoms with Gasteiger partial charge in [-0.2, -0.15) is 28.5 Å². The monoisotopic (exact) mass is 1060 g/mol. The number of benzene rings is 4. The topological polar surface area (TPSA) is 184 Å². The van der Waals surface area contributed by atoms with Gasteiger partial charge in [0, 0.05) is 105 Å². The van der Waals surface area contributed by atoms with E-state index >= 15 is 4.39 Å². The van der Waals surface area contributed by atoms with E-state index in [9.17, 15) is 32.3 Å². The minimum absolute atomic E-state index is 0.0177. The van der Waals surface area contributed by atoms with Crippen LogP contribution in [0.15, 0.2) is 91.4 Å². The summed E-state index contributed by atoms with van der Waals surface area (Å²) in [6, 6.07) is 11.8. The lowest BCUT2D eigenvalue weighted by Gasteiger charge is -2.59.